The second kappa shape index (κ2) is 7.53. The van der Waals surface area contributed by atoms with Crippen LogP contribution in [0.2, 0.25) is 0 Å². The van der Waals surface area contributed by atoms with Crippen molar-refractivity contribution < 1.29 is 4.74 Å². The number of aryl methyl sites for hydroxylation is 1. The average molecular weight is 385 g/mol. The Morgan fingerprint density at radius 2 is 1.83 bits per heavy atom. The molecule has 0 fully saturated rings. The summed E-state index contributed by atoms with van der Waals surface area (Å²) in [5, 5.41) is 1.49. The number of pyridine rings is 2. The first-order valence-corrected chi connectivity index (χ1v) is 9.52. The van der Waals surface area contributed by atoms with Crippen LogP contribution in [0.15, 0.2) is 71.7 Å². The fourth-order valence-electron chi connectivity index (χ4n) is 3.67. The van der Waals surface area contributed by atoms with Gasteiger partial charge in [-0.2, -0.15) is 0 Å². The number of ether oxygens (including phenoxy) is 1. The van der Waals surface area contributed by atoms with Gasteiger partial charge in [0.05, 0.1) is 18.2 Å². The van der Waals surface area contributed by atoms with Crippen LogP contribution >= 0.6 is 0 Å². The fourth-order valence-corrected chi connectivity index (χ4v) is 3.67. The first-order valence-electron chi connectivity index (χ1n) is 9.52. The summed E-state index contributed by atoms with van der Waals surface area (Å²) in [7, 11) is 1.62. The molecule has 2 aromatic carbocycles. The minimum Gasteiger partial charge on any atom is -0.495 e. The van der Waals surface area contributed by atoms with Crippen molar-refractivity contribution in [3.05, 3.63) is 88.6 Å². The van der Waals surface area contributed by atoms with E-state index in [1.54, 1.807) is 17.9 Å². The van der Waals surface area contributed by atoms with Crippen LogP contribution in [-0.4, -0.2) is 16.7 Å². The number of benzene rings is 2. The number of rotatable bonds is 4. The molecule has 5 nitrogen and oxygen atoms in total. The topological polar surface area (TPSA) is 70.1 Å². The van der Waals surface area contributed by atoms with Crippen LogP contribution in [0.5, 0.6) is 5.75 Å². The van der Waals surface area contributed by atoms with Gasteiger partial charge in [-0.3, -0.25) is 14.3 Å². The predicted molar refractivity (Wildman–Crippen MR) is 117 cm³/mol. The summed E-state index contributed by atoms with van der Waals surface area (Å²) in [4.78, 5) is 18.2. The molecule has 0 radical (unpaired) electrons. The van der Waals surface area contributed by atoms with Crippen LogP contribution in [0.1, 0.15) is 24.4 Å². The lowest BCUT2D eigenvalue weighted by Gasteiger charge is -2.18. The Bertz CT molecular complexity index is 1240. The zero-order valence-electron chi connectivity index (χ0n) is 16.7. The standard InChI is InChI=1S/C24H23N3O2/c1-15(25)21-12-17-8-7-11-20(18-13-22(29-3)16(2)26-14-18)23(17)24(28)27(21)19-9-5-4-6-10-19/h4-15H,25H2,1-3H3/t15-/m0/s1. The molecule has 0 bridgehead atoms. The van der Waals surface area contributed by atoms with E-state index in [0.717, 1.165) is 33.6 Å². The van der Waals surface area contributed by atoms with E-state index in [2.05, 4.69) is 4.98 Å². The molecule has 0 saturated carbocycles. The van der Waals surface area contributed by atoms with Crippen LogP contribution < -0.4 is 16.0 Å². The highest BCUT2D eigenvalue weighted by Gasteiger charge is 2.17. The summed E-state index contributed by atoms with van der Waals surface area (Å²) in [5.41, 5.74) is 10.1. The van der Waals surface area contributed by atoms with Crippen molar-refractivity contribution >= 4 is 10.8 Å². The van der Waals surface area contributed by atoms with Crippen molar-refractivity contribution in [1.82, 2.24) is 9.55 Å². The summed E-state index contributed by atoms with van der Waals surface area (Å²) in [6, 6.07) is 19.0. The lowest BCUT2D eigenvalue weighted by atomic mass is 9.98. The molecule has 146 valence electrons. The van der Waals surface area contributed by atoms with Gasteiger partial charge in [0.1, 0.15) is 5.75 Å². The van der Waals surface area contributed by atoms with Crippen LogP contribution in [0.3, 0.4) is 0 Å². The molecule has 1 atom stereocenters. The van der Waals surface area contributed by atoms with Gasteiger partial charge in [-0.25, -0.2) is 0 Å². The highest BCUT2D eigenvalue weighted by Crippen LogP contribution is 2.31. The number of para-hydroxylation sites is 1. The Hall–Kier alpha value is -3.44. The Kier molecular flexibility index (Phi) is 4.91. The van der Waals surface area contributed by atoms with E-state index < -0.39 is 0 Å². The number of fused-ring (bicyclic) bond motifs is 1. The number of aromatic nitrogens is 2. The van der Waals surface area contributed by atoms with E-state index in [1.807, 2.05) is 74.5 Å². The SMILES string of the molecule is COc1cc(-c2cccc3cc([C@H](C)N)n(-c4ccccc4)c(=O)c23)cnc1C. The number of hydrogen-bond acceptors (Lipinski definition) is 4. The summed E-state index contributed by atoms with van der Waals surface area (Å²) in [5.74, 6) is 0.690. The van der Waals surface area contributed by atoms with Gasteiger partial charge < -0.3 is 10.5 Å². The number of methoxy groups -OCH3 is 1. The first kappa shape index (κ1) is 18.9. The van der Waals surface area contributed by atoms with Gasteiger partial charge in [0.2, 0.25) is 0 Å². The molecule has 2 N–H and O–H groups in total. The minimum absolute atomic E-state index is 0.101. The summed E-state index contributed by atoms with van der Waals surface area (Å²) in [6.07, 6.45) is 1.78. The fraction of sp³-hybridized carbons (Fsp3) is 0.167. The Balaban J connectivity index is 2.08. The van der Waals surface area contributed by atoms with Crippen LogP contribution in [-0.2, 0) is 0 Å². The zero-order valence-corrected chi connectivity index (χ0v) is 16.7. The van der Waals surface area contributed by atoms with Crippen LogP contribution in [0, 0.1) is 6.92 Å². The normalized spacial score (nSPS) is 12.1. The van der Waals surface area contributed by atoms with E-state index in [9.17, 15) is 4.79 Å². The van der Waals surface area contributed by atoms with Crippen LogP contribution in [0.25, 0.3) is 27.6 Å². The Labute approximate surface area is 169 Å². The summed E-state index contributed by atoms with van der Waals surface area (Å²) < 4.78 is 7.13. The van der Waals surface area contributed by atoms with E-state index in [1.165, 1.54) is 0 Å². The molecule has 0 unspecified atom stereocenters. The molecule has 4 rings (SSSR count). The largest absolute Gasteiger partial charge is 0.495 e. The third-order valence-electron chi connectivity index (χ3n) is 5.13. The molecule has 0 aliphatic rings. The molecule has 0 amide bonds. The molecule has 0 aliphatic heterocycles. The third kappa shape index (κ3) is 3.30. The van der Waals surface area contributed by atoms with E-state index >= 15 is 0 Å². The van der Waals surface area contributed by atoms with Gasteiger partial charge in [-0.05, 0) is 49.1 Å². The predicted octanol–water partition coefficient (Wildman–Crippen LogP) is 4.39. The minimum atomic E-state index is -0.294. The lowest BCUT2D eigenvalue weighted by Crippen LogP contribution is -2.26. The maximum absolute atomic E-state index is 13.7. The first-order chi connectivity index (χ1) is 14.0. The monoisotopic (exact) mass is 385 g/mol. The van der Waals surface area contributed by atoms with Crippen LogP contribution in [0.4, 0.5) is 0 Å². The van der Waals surface area contributed by atoms with Gasteiger partial charge in [0, 0.05) is 29.2 Å². The average Bonchev–Trinajstić information content (AvgIpc) is 2.74. The smallest absolute Gasteiger partial charge is 0.263 e. The molecular formula is C24H23N3O2. The third-order valence-corrected chi connectivity index (χ3v) is 5.13. The second-order valence-corrected chi connectivity index (χ2v) is 7.12. The zero-order chi connectivity index (χ0) is 20.5. The van der Waals surface area contributed by atoms with E-state index in [-0.39, 0.29) is 11.6 Å². The molecule has 29 heavy (non-hydrogen) atoms. The molecule has 2 heterocycles. The number of nitrogens with zero attached hydrogens (tertiary/aromatic N) is 2. The van der Waals surface area contributed by atoms with Gasteiger partial charge in [-0.1, -0.05) is 36.4 Å². The van der Waals surface area contributed by atoms with Crippen molar-refractivity contribution in [1.29, 1.82) is 0 Å². The second-order valence-electron chi connectivity index (χ2n) is 7.12. The van der Waals surface area contributed by atoms with Crippen molar-refractivity contribution in [2.45, 2.75) is 19.9 Å². The number of hydrogen-bond donors (Lipinski definition) is 1. The van der Waals surface area contributed by atoms with Crippen molar-refractivity contribution in [2.24, 2.45) is 5.73 Å². The van der Waals surface area contributed by atoms with E-state index in [4.69, 9.17) is 10.5 Å². The molecular weight excluding hydrogens is 362 g/mol. The summed E-state index contributed by atoms with van der Waals surface area (Å²) in [6.45, 7) is 3.78. The lowest BCUT2D eigenvalue weighted by molar-refractivity contribution is 0.409. The molecule has 0 spiro atoms. The van der Waals surface area contributed by atoms with Crippen molar-refractivity contribution in [2.75, 3.05) is 7.11 Å². The Morgan fingerprint density at radius 3 is 2.52 bits per heavy atom. The van der Waals surface area contributed by atoms with Crippen molar-refractivity contribution in [3.63, 3.8) is 0 Å². The maximum Gasteiger partial charge on any atom is 0.263 e. The molecule has 2 aromatic heterocycles. The van der Waals surface area contributed by atoms with Crippen molar-refractivity contribution in [3.8, 4) is 22.6 Å². The highest BCUT2D eigenvalue weighted by atomic mass is 16.5. The summed E-state index contributed by atoms with van der Waals surface area (Å²) >= 11 is 0. The molecule has 4 aromatic rings. The van der Waals surface area contributed by atoms with E-state index in [0.29, 0.717) is 11.1 Å². The van der Waals surface area contributed by atoms with Gasteiger partial charge in [0.15, 0.2) is 0 Å². The maximum atomic E-state index is 13.7. The van der Waals surface area contributed by atoms with Gasteiger partial charge in [-0.15, -0.1) is 0 Å². The Morgan fingerprint density at radius 1 is 1.07 bits per heavy atom. The highest BCUT2D eigenvalue weighted by molar-refractivity contribution is 5.96. The number of nitrogens with two attached hydrogens (primary N) is 1. The molecule has 0 aliphatic carbocycles. The molecule has 0 saturated heterocycles. The quantitative estimate of drug-likeness (QED) is 0.566. The van der Waals surface area contributed by atoms with Gasteiger partial charge >= 0.3 is 0 Å². The molecule has 5 heteroatoms. The van der Waals surface area contributed by atoms with Gasteiger partial charge in [0.25, 0.3) is 5.56 Å².